The molecule has 0 aliphatic heterocycles. The third kappa shape index (κ3) is 3.20. The molecule has 0 amide bonds. The lowest BCUT2D eigenvalue weighted by molar-refractivity contribution is 0.135. The second-order valence-electron chi connectivity index (χ2n) is 5.27. The summed E-state index contributed by atoms with van der Waals surface area (Å²) >= 11 is 7.65. The van der Waals surface area contributed by atoms with Gasteiger partial charge in [-0.3, -0.25) is 0 Å². The first-order valence-electron chi connectivity index (χ1n) is 6.85. The lowest BCUT2D eigenvalue weighted by atomic mass is 10.0. The fourth-order valence-corrected chi connectivity index (χ4v) is 4.01. The lowest BCUT2D eigenvalue weighted by Gasteiger charge is -2.17. The number of aliphatic hydroxyl groups excluding tert-OH is 1. The quantitative estimate of drug-likeness (QED) is 0.854. The maximum absolute atomic E-state index is 10.4. The Bertz CT molecular complexity index is 574. The predicted octanol–water partition coefficient (Wildman–Crippen LogP) is 4.21. The van der Waals surface area contributed by atoms with Crippen LogP contribution in [0.5, 0.6) is 0 Å². The molecule has 0 heterocycles. The zero-order chi connectivity index (χ0) is 13.9. The van der Waals surface area contributed by atoms with Gasteiger partial charge < -0.3 is 5.11 Å². The molecule has 0 bridgehead atoms. The molecule has 0 aromatic heterocycles. The van der Waals surface area contributed by atoms with Gasteiger partial charge in [-0.25, -0.2) is 0 Å². The van der Waals surface area contributed by atoms with E-state index in [1.807, 2.05) is 24.3 Å². The minimum atomic E-state index is -0.272. The van der Waals surface area contributed by atoms with Gasteiger partial charge >= 0.3 is 0 Å². The summed E-state index contributed by atoms with van der Waals surface area (Å²) in [7, 11) is 0. The van der Waals surface area contributed by atoms with Gasteiger partial charge in [0.2, 0.25) is 0 Å². The average Bonchev–Trinajstić information content (AvgIpc) is 2.89. The zero-order valence-corrected chi connectivity index (χ0v) is 12.7. The molecule has 2 aromatic rings. The average molecular weight is 305 g/mol. The summed E-state index contributed by atoms with van der Waals surface area (Å²) < 4.78 is 0. The summed E-state index contributed by atoms with van der Waals surface area (Å²) in [5, 5.41) is 11.1. The normalized spacial score (nSPS) is 16.1. The van der Waals surface area contributed by atoms with Crippen molar-refractivity contribution in [3.05, 3.63) is 64.7 Å². The minimum absolute atomic E-state index is 0.272. The van der Waals surface area contributed by atoms with Crippen molar-refractivity contribution in [2.75, 3.05) is 5.75 Å². The maximum Gasteiger partial charge on any atom is 0.0668 e. The predicted molar refractivity (Wildman–Crippen MR) is 85.5 cm³/mol. The molecule has 3 rings (SSSR count). The van der Waals surface area contributed by atoms with E-state index < -0.39 is 0 Å². The molecule has 2 aromatic carbocycles. The highest BCUT2D eigenvalue weighted by Crippen LogP contribution is 2.31. The molecule has 0 fully saturated rings. The minimum Gasteiger partial charge on any atom is -0.392 e. The first-order valence-corrected chi connectivity index (χ1v) is 8.22. The smallest absolute Gasteiger partial charge is 0.0668 e. The van der Waals surface area contributed by atoms with Crippen molar-refractivity contribution in [2.45, 2.75) is 23.8 Å². The summed E-state index contributed by atoms with van der Waals surface area (Å²) in [6, 6.07) is 16.3. The molecule has 1 atom stereocenters. The Hall–Kier alpha value is -0.960. The molecule has 0 saturated carbocycles. The van der Waals surface area contributed by atoms with Crippen LogP contribution in [0.4, 0.5) is 0 Å². The van der Waals surface area contributed by atoms with E-state index in [4.69, 9.17) is 11.6 Å². The summed E-state index contributed by atoms with van der Waals surface area (Å²) in [5.74, 6) is 1.07. The van der Waals surface area contributed by atoms with Crippen LogP contribution in [-0.4, -0.2) is 17.0 Å². The third-order valence-corrected chi connectivity index (χ3v) is 5.17. The molecule has 104 valence electrons. The van der Waals surface area contributed by atoms with Crippen molar-refractivity contribution in [3.63, 3.8) is 0 Å². The molecule has 1 nitrogen and oxygen atoms in total. The van der Waals surface area contributed by atoms with E-state index in [9.17, 15) is 5.11 Å². The first kappa shape index (κ1) is 14.0. The van der Waals surface area contributed by atoms with E-state index in [1.54, 1.807) is 11.8 Å². The van der Waals surface area contributed by atoms with Crippen molar-refractivity contribution in [1.29, 1.82) is 0 Å². The first-order chi connectivity index (χ1) is 9.72. The van der Waals surface area contributed by atoms with Crippen LogP contribution in [0.25, 0.3) is 0 Å². The molecule has 1 unspecified atom stereocenters. The van der Waals surface area contributed by atoms with Crippen molar-refractivity contribution in [2.24, 2.45) is 5.92 Å². The summed E-state index contributed by atoms with van der Waals surface area (Å²) in [5.41, 5.74) is 2.79. The molecule has 20 heavy (non-hydrogen) atoms. The molecule has 3 heteroatoms. The van der Waals surface area contributed by atoms with E-state index in [0.717, 1.165) is 28.5 Å². The largest absolute Gasteiger partial charge is 0.392 e. The van der Waals surface area contributed by atoms with Crippen molar-refractivity contribution >= 4 is 23.4 Å². The number of hydrogen-bond acceptors (Lipinski definition) is 2. The van der Waals surface area contributed by atoms with Crippen molar-refractivity contribution in [3.8, 4) is 0 Å². The highest BCUT2D eigenvalue weighted by Gasteiger charge is 2.27. The Labute approximate surface area is 129 Å². The third-order valence-electron chi connectivity index (χ3n) is 3.84. The number of benzene rings is 2. The molecule has 1 N–H and O–H groups in total. The monoisotopic (exact) mass is 304 g/mol. The molecule has 0 radical (unpaired) electrons. The highest BCUT2D eigenvalue weighted by atomic mass is 35.5. The number of thioether (sulfide) groups is 1. The van der Waals surface area contributed by atoms with Gasteiger partial charge in [0.1, 0.15) is 0 Å². The van der Waals surface area contributed by atoms with Crippen LogP contribution in [0.2, 0.25) is 5.02 Å². The Morgan fingerprint density at radius 3 is 2.45 bits per heavy atom. The maximum atomic E-state index is 10.4. The number of rotatable bonds is 4. The zero-order valence-electron chi connectivity index (χ0n) is 11.1. The van der Waals surface area contributed by atoms with E-state index in [0.29, 0.717) is 5.92 Å². The van der Waals surface area contributed by atoms with Crippen LogP contribution in [0.15, 0.2) is 53.4 Å². The van der Waals surface area contributed by atoms with Crippen molar-refractivity contribution in [1.82, 2.24) is 0 Å². The number of halogens is 1. The molecular weight excluding hydrogens is 288 g/mol. The highest BCUT2D eigenvalue weighted by molar-refractivity contribution is 7.99. The van der Waals surface area contributed by atoms with Gasteiger partial charge in [0.25, 0.3) is 0 Å². The van der Waals surface area contributed by atoms with Gasteiger partial charge in [0, 0.05) is 15.7 Å². The van der Waals surface area contributed by atoms with Gasteiger partial charge in [-0.05, 0) is 48.1 Å². The van der Waals surface area contributed by atoms with Gasteiger partial charge in [-0.1, -0.05) is 41.9 Å². The molecule has 0 saturated heterocycles. The Morgan fingerprint density at radius 2 is 1.80 bits per heavy atom. The Morgan fingerprint density at radius 1 is 1.10 bits per heavy atom. The van der Waals surface area contributed by atoms with E-state index in [1.165, 1.54) is 11.1 Å². The standard InChI is InChI=1S/C17H17ClOS/c18-15-6-3-7-16(10-15)20-11-17(19)14-8-12-4-1-2-5-13(12)9-14/h1-7,10,14,17,19H,8-9,11H2. The SMILES string of the molecule is OC(CSc1cccc(Cl)c1)C1Cc2ccccc2C1. The van der Waals surface area contributed by atoms with Gasteiger partial charge in [0.15, 0.2) is 0 Å². The second kappa shape index (κ2) is 6.21. The number of fused-ring (bicyclic) bond motifs is 1. The van der Waals surface area contributed by atoms with E-state index >= 15 is 0 Å². The molecular formula is C17H17ClOS. The van der Waals surface area contributed by atoms with Crippen LogP contribution < -0.4 is 0 Å². The van der Waals surface area contributed by atoms with E-state index in [2.05, 4.69) is 24.3 Å². The van der Waals surface area contributed by atoms with Crippen molar-refractivity contribution < 1.29 is 5.11 Å². The number of aliphatic hydroxyl groups is 1. The van der Waals surface area contributed by atoms with Gasteiger partial charge in [0.05, 0.1) is 6.10 Å². The van der Waals surface area contributed by atoms with E-state index in [-0.39, 0.29) is 6.10 Å². The van der Waals surface area contributed by atoms with Crippen LogP contribution in [0.3, 0.4) is 0 Å². The fourth-order valence-electron chi connectivity index (χ4n) is 2.74. The molecule has 0 spiro atoms. The van der Waals surface area contributed by atoms with Crippen LogP contribution >= 0.6 is 23.4 Å². The second-order valence-corrected chi connectivity index (χ2v) is 6.80. The lowest BCUT2D eigenvalue weighted by Crippen LogP contribution is -2.23. The Kier molecular flexibility index (Phi) is 4.35. The summed E-state index contributed by atoms with van der Waals surface area (Å²) in [6.45, 7) is 0. The fraction of sp³-hybridized carbons (Fsp3) is 0.294. The van der Waals surface area contributed by atoms with Crippen LogP contribution in [0.1, 0.15) is 11.1 Å². The van der Waals surface area contributed by atoms with Crippen LogP contribution in [0, 0.1) is 5.92 Å². The van der Waals surface area contributed by atoms with Gasteiger partial charge in [-0.2, -0.15) is 0 Å². The topological polar surface area (TPSA) is 20.2 Å². The summed E-state index contributed by atoms with van der Waals surface area (Å²) in [6.07, 6.45) is 1.72. The Balaban J connectivity index is 1.57. The van der Waals surface area contributed by atoms with Gasteiger partial charge in [-0.15, -0.1) is 11.8 Å². The molecule has 1 aliphatic carbocycles. The van der Waals surface area contributed by atoms with Crippen LogP contribution in [-0.2, 0) is 12.8 Å². The number of hydrogen-bond donors (Lipinski definition) is 1. The molecule has 1 aliphatic rings. The summed E-state index contributed by atoms with van der Waals surface area (Å²) in [4.78, 5) is 1.12.